The molecule has 1 fully saturated rings. The number of piperidine rings is 1. The van der Waals surface area contributed by atoms with Gasteiger partial charge in [-0.1, -0.05) is 0 Å². The van der Waals surface area contributed by atoms with Gasteiger partial charge in [0.1, 0.15) is 10.8 Å². The quantitative estimate of drug-likeness (QED) is 0.747. The zero-order valence-corrected chi connectivity index (χ0v) is 15.2. The largest absolute Gasteiger partial charge is 0.388 e. The molecule has 1 aliphatic rings. The number of benzene rings is 1. The summed E-state index contributed by atoms with van der Waals surface area (Å²) in [6.07, 6.45) is 6.84. The van der Waals surface area contributed by atoms with Crippen LogP contribution in [0.2, 0.25) is 0 Å². The van der Waals surface area contributed by atoms with Crippen molar-refractivity contribution in [2.45, 2.75) is 31.5 Å². The summed E-state index contributed by atoms with van der Waals surface area (Å²) in [6.45, 7) is 3.06. The smallest absolute Gasteiger partial charge is 0.123 e. The first-order valence-electron chi connectivity index (χ1n) is 8.70. The summed E-state index contributed by atoms with van der Waals surface area (Å²) in [5.74, 6) is -0.235. The van der Waals surface area contributed by atoms with E-state index in [0.717, 1.165) is 48.7 Å². The van der Waals surface area contributed by atoms with Crippen LogP contribution in [0.1, 0.15) is 17.8 Å². The van der Waals surface area contributed by atoms with E-state index in [0.29, 0.717) is 6.54 Å². The Bertz CT molecular complexity index is 839. The molecule has 1 aromatic carbocycles. The number of hydrogen-bond acceptors (Lipinski definition) is 5. The van der Waals surface area contributed by atoms with Crippen LogP contribution in [0.4, 0.5) is 4.39 Å². The van der Waals surface area contributed by atoms with Crippen LogP contribution in [0, 0.1) is 5.82 Å². The maximum Gasteiger partial charge on any atom is 0.123 e. The van der Waals surface area contributed by atoms with Crippen LogP contribution in [0.25, 0.3) is 11.3 Å². The highest BCUT2D eigenvalue weighted by Gasteiger charge is 2.32. The van der Waals surface area contributed by atoms with Crippen LogP contribution < -0.4 is 0 Å². The van der Waals surface area contributed by atoms with Crippen molar-refractivity contribution in [3.8, 4) is 11.3 Å². The molecule has 0 bridgehead atoms. The van der Waals surface area contributed by atoms with E-state index in [9.17, 15) is 9.50 Å². The molecular weight excluding hydrogens is 351 g/mol. The van der Waals surface area contributed by atoms with Gasteiger partial charge in [-0.2, -0.15) is 0 Å². The van der Waals surface area contributed by atoms with Gasteiger partial charge in [0.05, 0.1) is 30.7 Å². The van der Waals surface area contributed by atoms with Crippen molar-refractivity contribution in [2.24, 2.45) is 0 Å². The number of aliphatic hydroxyl groups is 1. The molecule has 0 spiro atoms. The molecule has 7 heteroatoms. The van der Waals surface area contributed by atoms with E-state index in [4.69, 9.17) is 0 Å². The van der Waals surface area contributed by atoms with E-state index in [1.165, 1.54) is 12.1 Å². The number of hydrogen-bond donors (Lipinski definition) is 1. The predicted molar refractivity (Wildman–Crippen MR) is 99.2 cm³/mol. The molecule has 0 atom stereocenters. The Kier molecular flexibility index (Phi) is 4.84. The average Bonchev–Trinajstić information content (AvgIpc) is 3.30. The minimum Gasteiger partial charge on any atom is -0.388 e. The average molecular weight is 372 g/mol. The van der Waals surface area contributed by atoms with Gasteiger partial charge >= 0.3 is 0 Å². The first kappa shape index (κ1) is 17.3. The lowest BCUT2D eigenvalue weighted by Crippen LogP contribution is -2.46. The zero-order valence-electron chi connectivity index (χ0n) is 14.4. The molecule has 1 aliphatic heterocycles. The molecule has 2 aromatic heterocycles. The Morgan fingerprint density at radius 3 is 2.65 bits per heavy atom. The van der Waals surface area contributed by atoms with Crippen LogP contribution >= 0.6 is 11.3 Å². The molecule has 0 aliphatic carbocycles. The van der Waals surface area contributed by atoms with Gasteiger partial charge in [0, 0.05) is 36.4 Å². The number of halogens is 1. The lowest BCUT2D eigenvalue weighted by molar-refractivity contribution is -0.0357. The zero-order chi connectivity index (χ0) is 18.0. The Labute approximate surface area is 155 Å². The summed E-state index contributed by atoms with van der Waals surface area (Å²) >= 11 is 1.62. The predicted octanol–water partition coefficient (Wildman–Crippen LogP) is 3.17. The van der Waals surface area contributed by atoms with Crippen molar-refractivity contribution in [1.82, 2.24) is 19.4 Å². The maximum absolute atomic E-state index is 13.0. The Balaban J connectivity index is 1.34. The van der Waals surface area contributed by atoms with Crippen molar-refractivity contribution in [2.75, 3.05) is 13.1 Å². The fourth-order valence-electron chi connectivity index (χ4n) is 3.33. The number of thiazole rings is 1. The third kappa shape index (κ3) is 4.00. The highest BCUT2D eigenvalue weighted by molar-refractivity contribution is 7.09. The molecule has 0 radical (unpaired) electrons. The number of nitrogens with zero attached hydrogens (tertiary/aromatic N) is 4. The van der Waals surface area contributed by atoms with Crippen molar-refractivity contribution in [3.05, 3.63) is 59.2 Å². The van der Waals surface area contributed by atoms with Gasteiger partial charge in [0.2, 0.25) is 0 Å². The molecule has 0 saturated carbocycles. The minimum atomic E-state index is -0.667. The van der Waals surface area contributed by atoms with Gasteiger partial charge in [-0.05, 0) is 37.1 Å². The van der Waals surface area contributed by atoms with Gasteiger partial charge in [0.25, 0.3) is 0 Å². The van der Waals surface area contributed by atoms with Crippen LogP contribution in [-0.4, -0.2) is 43.2 Å². The maximum atomic E-state index is 13.0. The number of aromatic nitrogens is 3. The number of likely N-dealkylation sites (tertiary alicyclic amines) is 1. The highest BCUT2D eigenvalue weighted by Crippen LogP contribution is 2.27. The van der Waals surface area contributed by atoms with Crippen LogP contribution in [0.3, 0.4) is 0 Å². The van der Waals surface area contributed by atoms with Crippen LogP contribution in [0.5, 0.6) is 0 Å². The van der Waals surface area contributed by atoms with E-state index < -0.39 is 5.60 Å². The van der Waals surface area contributed by atoms with Gasteiger partial charge in [-0.25, -0.2) is 14.4 Å². The van der Waals surface area contributed by atoms with E-state index in [1.807, 2.05) is 16.1 Å². The third-order valence-electron chi connectivity index (χ3n) is 4.87. The van der Waals surface area contributed by atoms with Gasteiger partial charge < -0.3 is 9.67 Å². The normalized spacial score (nSPS) is 17.5. The van der Waals surface area contributed by atoms with Crippen LogP contribution in [0.15, 0.2) is 48.4 Å². The molecule has 4 rings (SSSR count). The molecule has 3 heterocycles. The second-order valence-electron chi connectivity index (χ2n) is 6.87. The molecule has 1 saturated heterocycles. The molecule has 3 aromatic rings. The summed E-state index contributed by atoms with van der Waals surface area (Å²) in [4.78, 5) is 11.0. The van der Waals surface area contributed by atoms with Crippen molar-refractivity contribution in [1.29, 1.82) is 0 Å². The molecular formula is C19H21FN4OS. The standard InChI is InChI=1S/C19H21FN4OS/c20-16-3-1-15(2-4-16)17-12-26-18(22-17)11-23-8-5-19(25,6-9-23)13-24-10-7-21-14-24/h1-4,7,10,12,14,25H,5-6,8-9,11,13H2. The topological polar surface area (TPSA) is 54.2 Å². The second-order valence-corrected chi connectivity index (χ2v) is 7.81. The fourth-order valence-corrected chi connectivity index (χ4v) is 4.18. The van der Waals surface area contributed by atoms with Crippen LogP contribution in [-0.2, 0) is 13.1 Å². The Morgan fingerprint density at radius 1 is 1.19 bits per heavy atom. The Hall–Kier alpha value is -2.09. The number of imidazole rings is 1. The molecule has 136 valence electrons. The van der Waals surface area contributed by atoms with E-state index >= 15 is 0 Å². The van der Waals surface area contributed by atoms with Gasteiger partial charge in [-0.15, -0.1) is 11.3 Å². The van der Waals surface area contributed by atoms with E-state index in [1.54, 1.807) is 36.0 Å². The highest BCUT2D eigenvalue weighted by atomic mass is 32.1. The summed E-state index contributed by atoms with van der Waals surface area (Å²) in [6, 6.07) is 6.43. The van der Waals surface area contributed by atoms with Gasteiger partial charge in [0.15, 0.2) is 0 Å². The molecule has 5 nitrogen and oxygen atoms in total. The molecule has 1 N–H and O–H groups in total. The van der Waals surface area contributed by atoms with Crippen molar-refractivity contribution < 1.29 is 9.50 Å². The molecule has 26 heavy (non-hydrogen) atoms. The van der Waals surface area contributed by atoms with E-state index in [2.05, 4.69) is 14.9 Å². The first-order chi connectivity index (χ1) is 12.6. The van der Waals surface area contributed by atoms with E-state index in [-0.39, 0.29) is 5.82 Å². The molecule has 0 unspecified atom stereocenters. The fraction of sp³-hybridized carbons (Fsp3) is 0.368. The molecule has 0 amide bonds. The SMILES string of the molecule is OC1(Cn2ccnc2)CCN(Cc2nc(-c3ccc(F)cc3)cs2)CC1. The summed E-state index contributed by atoms with van der Waals surface area (Å²) in [5.41, 5.74) is 1.15. The van der Waals surface area contributed by atoms with Crippen molar-refractivity contribution >= 4 is 11.3 Å². The minimum absolute atomic E-state index is 0.235. The second kappa shape index (κ2) is 7.26. The van der Waals surface area contributed by atoms with Crippen molar-refractivity contribution in [3.63, 3.8) is 0 Å². The first-order valence-corrected chi connectivity index (χ1v) is 9.58. The van der Waals surface area contributed by atoms with Gasteiger partial charge in [-0.3, -0.25) is 4.90 Å². The monoisotopic (exact) mass is 372 g/mol. The summed E-state index contributed by atoms with van der Waals surface area (Å²) < 4.78 is 15.0. The summed E-state index contributed by atoms with van der Waals surface area (Å²) in [5, 5.41) is 13.8. The third-order valence-corrected chi connectivity index (χ3v) is 5.71. The summed E-state index contributed by atoms with van der Waals surface area (Å²) in [7, 11) is 0. The Morgan fingerprint density at radius 2 is 1.96 bits per heavy atom. The number of rotatable bonds is 5. The lowest BCUT2D eigenvalue weighted by Gasteiger charge is -2.38. The lowest BCUT2D eigenvalue weighted by atomic mass is 9.91.